The zero-order chi connectivity index (χ0) is 16.6. The number of aryl methyl sites for hydroxylation is 2. The third-order valence-corrected chi connectivity index (χ3v) is 5.50. The summed E-state index contributed by atoms with van der Waals surface area (Å²) < 4.78 is 7.09. The highest BCUT2D eigenvalue weighted by molar-refractivity contribution is 9.10. The molecule has 1 N–H and O–H groups in total. The SMILES string of the molecule is CC(=O)Oc1cc(Br)c2c(c1)CC2.Oc1cc(Br)c2c(c1)CC2. The Morgan fingerprint density at radius 3 is 1.96 bits per heavy atom. The molecule has 120 valence electrons. The van der Waals surface area contributed by atoms with Gasteiger partial charge in [-0.2, -0.15) is 0 Å². The highest BCUT2D eigenvalue weighted by Crippen LogP contribution is 2.35. The number of halogens is 2. The van der Waals surface area contributed by atoms with Crippen molar-refractivity contribution < 1.29 is 14.6 Å². The average Bonchev–Trinajstić information content (AvgIpc) is 2.36. The molecule has 0 saturated carbocycles. The van der Waals surface area contributed by atoms with Gasteiger partial charge in [-0.25, -0.2) is 0 Å². The zero-order valence-corrected chi connectivity index (χ0v) is 15.8. The van der Waals surface area contributed by atoms with Crippen LogP contribution in [0.5, 0.6) is 11.5 Å². The maximum absolute atomic E-state index is 10.7. The van der Waals surface area contributed by atoms with Gasteiger partial charge in [-0.3, -0.25) is 4.79 Å². The molecule has 0 spiro atoms. The van der Waals surface area contributed by atoms with Crippen LogP contribution in [0.15, 0.2) is 33.2 Å². The fourth-order valence-corrected chi connectivity index (χ4v) is 4.11. The lowest BCUT2D eigenvalue weighted by atomic mass is 9.88. The van der Waals surface area contributed by atoms with Crippen molar-refractivity contribution >= 4 is 37.8 Å². The van der Waals surface area contributed by atoms with E-state index in [-0.39, 0.29) is 5.97 Å². The number of phenols is 1. The summed E-state index contributed by atoms with van der Waals surface area (Å²) in [6.07, 6.45) is 4.47. The number of carbonyl (C=O) groups excluding carboxylic acids is 1. The molecule has 4 rings (SSSR count). The van der Waals surface area contributed by atoms with Crippen LogP contribution in [-0.4, -0.2) is 11.1 Å². The Bertz CT molecular complexity index is 750. The molecule has 0 aliphatic heterocycles. The van der Waals surface area contributed by atoms with E-state index in [0.717, 1.165) is 34.6 Å². The summed E-state index contributed by atoms with van der Waals surface area (Å²) in [5.41, 5.74) is 5.27. The fraction of sp³-hybridized carbons (Fsp3) is 0.278. The third kappa shape index (κ3) is 3.61. The smallest absolute Gasteiger partial charge is 0.308 e. The van der Waals surface area contributed by atoms with Gasteiger partial charge in [0.1, 0.15) is 11.5 Å². The van der Waals surface area contributed by atoms with Crippen LogP contribution in [0.4, 0.5) is 0 Å². The first kappa shape index (κ1) is 16.5. The summed E-state index contributed by atoms with van der Waals surface area (Å²) in [4.78, 5) is 10.7. The summed E-state index contributed by atoms with van der Waals surface area (Å²) >= 11 is 6.83. The molecule has 3 nitrogen and oxygen atoms in total. The molecule has 0 unspecified atom stereocenters. The summed E-state index contributed by atoms with van der Waals surface area (Å²) in [5.74, 6) is 0.731. The van der Waals surface area contributed by atoms with E-state index in [9.17, 15) is 4.79 Å². The van der Waals surface area contributed by atoms with E-state index >= 15 is 0 Å². The molecule has 0 bridgehead atoms. The topological polar surface area (TPSA) is 46.5 Å². The standard InChI is InChI=1S/C10H9BrO2.C8H7BrO/c1-6(12)13-8-4-7-2-3-9(7)10(11)5-8;9-8-4-6(10)3-5-1-2-7(5)8/h4-5H,2-3H2,1H3;3-4,10H,1-2H2. The number of hydrogen-bond acceptors (Lipinski definition) is 3. The number of ether oxygens (including phenoxy) is 1. The molecule has 2 aromatic carbocycles. The molecule has 5 heteroatoms. The van der Waals surface area contributed by atoms with Crippen LogP contribution in [0.25, 0.3) is 0 Å². The summed E-state index contributed by atoms with van der Waals surface area (Å²) in [5, 5.41) is 9.12. The van der Waals surface area contributed by atoms with Crippen LogP contribution in [0.3, 0.4) is 0 Å². The highest BCUT2D eigenvalue weighted by atomic mass is 79.9. The molecular formula is C18H16Br2O3. The molecule has 0 saturated heterocycles. The van der Waals surface area contributed by atoms with Crippen LogP contribution in [0, 0.1) is 0 Å². The number of rotatable bonds is 1. The summed E-state index contributed by atoms with van der Waals surface area (Å²) in [6.45, 7) is 1.41. The maximum atomic E-state index is 10.7. The van der Waals surface area contributed by atoms with Crippen LogP contribution < -0.4 is 4.74 Å². The van der Waals surface area contributed by atoms with Gasteiger partial charge in [-0.15, -0.1) is 0 Å². The van der Waals surface area contributed by atoms with Crippen LogP contribution in [-0.2, 0) is 30.5 Å². The van der Waals surface area contributed by atoms with E-state index in [0.29, 0.717) is 11.5 Å². The lowest BCUT2D eigenvalue weighted by Gasteiger charge is -2.21. The van der Waals surface area contributed by atoms with Gasteiger partial charge in [-0.05, 0) is 72.2 Å². The first-order valence-corrected chi connectivity index (χ1v) is 9.02. The van der Waals surface area contributed by atoms with Crippen LogP contribution in [0.2, 0.25) is 0 Å². The molecule has 0 fully saturated rings. The van der Waals surface area contributed by atoms with E-state index in [1.807, 2.05) is 18.2 Å². The largest absolute Gasteiger partial charge is 0.508 e. The predicted molar refractivity (Wildman–Crippen MR) is 96.1 cm³/mol. The number of phenolic OH excluding ortho intramolecular Hbond substituents is 1. The van der Waals surface area contributed by atoms with Crippen LogP contribution in [0.1, 0.15) is 29.2 Å². The van der Waals surface area contributed by atoms with Crippen molar-refractivity contribution in [3.8, 4) is 11.5 Å². The van der Waals surface area contributed by atoms with Gasteiger partial charge in [0, 0.05) is 15.9 Å². The lowest BCUT2D eigenvalue weighted by molar-refractivity contribution is -0.131. The molecule has 0 heterocycles. The van der Waals surface area contributed by atoms with Crippen molar-refractivity contribution in [3.63, 3.8) is 0 Å². The van der Waals surface area contributed by atoms with Gasteiger partial charge in [-0.1, -0.05) is 31.9 Å². The average molecular weight is 440 g/mol. The molecule has 0 radical (unpaired) electrons. The number of benzene rings is 2. The Labute approximate surface area is 151 Å². The molecular weight excluding hydrogens is 424 g/mol. The minimum Gasteiger partial charge on any atom is -0.508 e. The van der Waals surface area contributed by atoms with E-state index in [1.54, 1.807) is 6.07 Å². The Kier molecular flexibility index (Phi) is 4.78. The first-order valence-electron chi connectivity index (χ1n) is 7.44. The lowest BCUT2D eigenvalue weighted by Crippen LogP contribution is -2.10. The van der Waals surface area contributed by atoms with Gasteiger partial charge < -0.3 is 9.84 Å². The van der Waals surface area contributed by atoms with E-state index in [1.165, 1.54) is 29.2 Å². The van der Waals surface area contributed by atoms with Gasteiger partial charge in [0.25, 0.3) is 0 Å². The molecule has 0 amide bonds. The fourth-order valence-electron chi connectivity index (χ4n) is 2.74. The number of carbonyl (C=O) groups is 1. The minimum absolute atomic E-state index is 0.272. The van der Waals surface area contributed by atoms with E-state index in [2.05, 4.69) is 31.9 Å². The maximum Gasteiger partial charge on any atom is 0.308 e. The van der Waals surface area contributed by atoms with Gasteiger partial charge in [0.2, 0.25) is 0 Å². The number of aromatic hydroxyl groups is 1. The van der Waals surface area contributed by atoms with Crippen LogP contribution >= 0.6 is 31.9 Å². The van der Waals surface area contributed by atoms with Crippen molar-refractivity contribution in [1.82, 2.24) is 0 Å². The minimum atomic E-state index is -0.272. The predicted octanol–water partition coefficient (Wildman–Crippen LogP) is 4.73. The van der Waals surface area contributed by atoms with Crippen molar-refractivity contribution in [3.05, 3.63) is 55.5 Å². The van der Waals surface area contributed by atoms with Gasteiger partial charge in [0.05, 0.1) is 0 Å². The number of esters is 1. The van der Waals surface area contributed by atoms with E-state index in [4.69, 9.17) is 9.84 Å². The van der Waals surface area contributed by atoms with Crippen molar-refractivity contribution in [2.45, 2.75) is 32.6 Å². The monoisotopic (exact) mass is 438 g/mol. The van der Waals surface area contributed by atoms with E-state index < -0.39 is 0 Å². The Balaban J connectivity index is 0.000000140. The molecule has 0 atom stereocenters. The van der Waals surface area contributed by atoms with Crippen molar-refractivity contribution in [1.29, 1.82) is 0 Å². The van der Waals surface area contributed by atoms with Crippen molar-refractivity contribution in [2.24, 2.45) is 0 Å². The molecule has 2 aromatic rings. The summed E-state index contributed by atoms with van der Waals surface area (Å²) in [7, 11) is 0. The first-order chi connectivity index (χ1) is 10.9. The van der Waals surface area contributed by atoms with Crippen molar-refractivity contribution in [2.75, 3.05) is 0 Å². The molecule has 2 aliphatic rings. The molecule has 0 aromatic heterocycles. The summed E-state index contributed by atoms with van der Waals surface area (Å²) in [6, 6.07) is 7.37. The number of fused-ring (bicyclic) bond motifs is 2. The normalized spacial score (nSPS) is 13.5. The second-order valence-corrected chi connectivity index (χ2v) is 7.41. The molecule has 2 aliphatic carbocycles. The van der Waals surface area contributed by atoms with Gasteiger partial charge >= 0.3 is 5.97 Å². The highest BCUT2D eigenvalue weighted by Gasteiger charge is 2.18. The second-order valence-electron chi connectivity index (χ2n) is 5.70. The second kappa shape index (κ2) is 6.65. The number of hydrogen-bond donors (Lipinski definition) is 1. The Hall–Kier alpha value is -1.33. The Morgan fingerprint density at radius 2 is 1.52 bits per heavy atom. The third-order valence-electron chi connectivity index (χ3n) is 4.08. The van der Waals surface area contributed by atoms with Gasteiger partial charge in [0.15, 0.2) is 0 Å². The zero-order valence-electron chi connectivity index (χ0n) is 12.7. The quantitative estimate of drug-likeness (QED) is 0.516. The molecule has 23 heavy (non-hydrogen) atoms. The Morgan fingerprint density at radius 1 is 0.957 bits per heavy atom.